The first-order chi connectivity index (χ1) is 9.59. The van der Waals surface area contributed by atoms with Crippen LogP contribution >= 0.6 is 0 Å². The molecule has 1 heterocycles. The molecule has 0 amide bonds. The van der Waals surface area contributed by atoms with Crippen LogP contribution in [-0.2, 0) is 0 Å². The Morgan fingerprint density at radius 3 is 2.35 bits per heavy atom. The number of nitrogens with zero attached hydrogens (tertiary/aromatic N) is 2. The van der Waals surface area contributed by atoms with Gasteiger partial charge in [-0.2, -0.15) is 0 Å². The quantitative estimate of drug-likeness (QED) is 0.873. The fourth-order valence-corrected chi connectivity index (χ4v) is 2.39. The Morgan fingerprint density at radius 1 is 1.10 bits per heavy atom. The minimum absolute atomic E-state index is 0.302. The van der Waals surface area contributed by atoms with Crippen LogP contribution in [0.15, 0.2) is 36.7 Å². The first-order valence-corrected chi connectivity index (χ1v) is 7.35. The van der Waals surface area contributed by atoms with Crippen molar-refractivity contribution in [1.29, 1.82) is 0 Å². The summed E-state index contributed by atoms with van der Waals surface area (Å²) in [7, 11) is 0. The molecule has 1 aromatic carbocycles. The Hall–Kier alpha value is -1.61. The van der Waals surface area contributed by atoms with Gasteiger partial charge in [-0.15, -0.1) is 0 Å². The third-order valence-electron chi connectivity index (χ3n) is 3.70. The number of aryl methyl sites for hydroxylation is 1. The van der Waals surface area contributed by atoms with Crippen LogP contribution in [0, 0.1) is 19.8 Å². The monoisotopic (exact) mass is 271 g/mol. The molecule has 0 aliphatic rings. The molecule has 0 saturated heterocycles. The zero-order valence-electron chi connectivity index (χ0n) is 12.9. The number of hydrogen-bond donors (Lipinski definition) is 1. The van der Waals surface area contributed by atoms with Gasteiger partial charge in [0.25, 0.3) is 0 Å². The molecule has 3 nitrogen and oxygen atoms in total. The highest BCUT2D eigenvalue weighted by atomic mass is 15.1. The normalized spacial score (nSPS) is 12.8. The average Bonchev–Trinajstić information content (AvgIpc) is 2.76. The van der Waals surface area contributed by atoms with E-state index in [1.165, 1.54) is 11.3 Å². The Bertz CT molecular complexity index is 528. The van der Waals surface area contributed by atoms with Crippen molar-refractivity contribution in [2.45, 2.75) is 33.7 Å². The molecule has 0 aliphatic heterocycles. The Balaban J connectivity index is 2.23. The zero-order chi connectivity index (χ0) is 14.5. The van der Waals surface area contributed by atoms with Gasteiger partial charge >= 0.3 is 0 Å². The van der Waals surface area contributed by atoms with E-state index in [9.17, 15) is 0 Å². The molecule has 0 spiro atoms. The fraction of sp³-hybridized carbons (Fsp3) is 0.471. The lowest BCUT2D eigenvalue weighted by atomic mass is 10.1. The van der Waals surface area contributed by atoms with E-state index in [-0.39, 0.29) is 0 Å². The van der Waals surface area contributed by atoms with Gasteiger partial charge in [0.1, 0.15) is 0 Å². The predicted octanol–water partition coefficient (Wildman–Crippen LogP) is 3.33. The molecule has 1 atom stereocenters. The summed E-state index contributed by atoms with van der Waals surface area (Å²) < 4.78 is 2.28. The standard InChI is InChI=1S/C17H25N3/c1-13(2)10-18-11-17(16-8-6-5-7-9-16)20-12-19-14(3)15(20)4/h5-9,12-13,17-18H,10-11H2,1-4H3. The lowest BCUT2D eigenvalue weighted by Crippen LogP contribution is -2.29. The highest BCUT2D eigenvalue weighted by Gasteiger charge is 2.16. The number of hydrogen-bond acceptors (Lipinski definition) is 2. The van der Waals surface area contributed by atoms with Gasteiger partial charge in [-0.25, -0.2) is 4.98 Å². The van der Waals surface area contributed by atoms with Gasteiger partial charge in [0.15, 0.2) is 0 Å². The Kier molecular flexibility index (Phi) is 4.96. The molecular weight excluding hydrogens is 246 g/mol. The molecule has 20 heavy (non-hydrogen) atoms. The average molecular weight is 271 g/mol. The summed E-state index contributed by atoms with van der Waals surface area (Å²) in [4.78, 5) is 4.44. The second kappa shape index (κ2) is 6.71. The van der Waals surface area contributed by atoms with Crippen molar-refractivity contribution in [2.24, 2.45) is 5.92 Å². The van der Waals surface area contributed by atoms with Gasteiger partial charge in [0, 0.05) is 12.2 Å². The smallest absolute Gasteiger partial charge is 0.0957 e. The third-order valence-corrected chi connectivity index (χ3v) is 3.70. The summed E-state index contributed by atoms with van der Waals surface area (Å²) in [5, 5.41) is 3.57. The van der Waals surface area contributed by atoms with Crippen molar-refractivity contribution in [2.75, 3.05) is 13.1 Å². The van der Waals surface area contributed by atoms with Crippen molar-refractivity contribution < 1.29 is 0 Å². The summed E-state index contributed by atoms with van der Waals surface area (Å²) in [6.07, 6.45) is 1.96. The number of imidazole rings is 1. The third kappa shape index (κ3) is 3.48. The lowest BCUT2D eigenvalue weighted by Gasteiger charge is -2.22. The molecule has 2 aromatic rings. The second-order valence-electron chi connectivity index (χ2n) is 5.80. The van der Waals surface area contributed by atoms with E-state index >= 15 is 0 Å². The molecule has 0 saturated carbocycles. The SMILES string of the molecule is Cc1ncn(C(CNCC(C)C)c2ccccc2)c1C. The highest BCUT2D eigenvalue weighted by Crippen LogP contribution is 2.20. The van der Waals surface area contributed by atoms with E-state index in [4.69, 9.17) is 0 Å². The molecule has 1 N–H and O–H groups in total. The van der Waals surface area contributed by atoms with Gasteiger partial charge < -0.3 is 9.88 Å². The van der Waals surface area contributed by atoms with Crippen molar-refractivity contribution in [3.8, 4) is 0 Å². The molecule has 1 aromatic heterocycles. The molecule has 3 heteroatoms. The van der Waals surface area contributed by atoms with Crippen molar-refractivity contribution in [3.63, 3.8) is 0 Å². The van der Waals surface area contributed by atoms with Crippen LogP contribution in [0.5, 0.6) is 0 Å². The summed E-state index contributed by atoms with van der Waals surface area (Å²) in [5.41, 5.74) is 3.67. The van der Waals surface area contributed by atoms with Crippen LogP contribution in [0.3, 0.4) is 0 Å². The van der Waals surface area contributed by atoms with Crippen molar-refractivity contribution in [3.05, 3.63) is 53.6 Å². The minimum atomic E-state index is 0.302. The molecule has 0 radical (unpaired) electrons. The maximum Gasteiger partial charge on any atom is 0.0957 e. The van der Waals surface area contributed by atoms with Crippen LogP contribution in [0.1, 0.15) is 36.8 Å². The lowest BCUT2D eigenvalue weighted by molar-refractivity contribution is 0.478. The van der Waals surface area contributed by atoms with Gasteiger partial charge in [-0.1, -0.05) is 44.2 Å². The molecule has 1 unspecified atom stereocenters. The van der Waals surface area contributed by atoms with Crippen molar-refractivity contribution in [1.82, 2.24) is 14.9 Å². The molecule has 0 aliphatic carbocycles. The molecule has 2 rings (SSSR count). The molecule has 108 valence electrons. The van der Waals surface area contributed by atoms with Crippen LogP contribution < -0.4 is 5.32 Å². The van der Waals surface area contributed by atoms with E-state index in [0.29, 0.717) is 12.0 Å². The van der Waals surface area contributed by atoms with E-state index in [2.05, 4.69) is 72.9 Å². The Morgan fingerprint density at radius 2 is 1.80 bits per heavy atom. The first-order valence-electron chi connectivity index (χ1n) is 7.35. The number of rotatable bonds is 6. The van der Waals surface area contributed by atoms with E-state index < -0.39 is 0 Å². The van der Waals surface area contributed by atoms with E-state index in [0.717, 1.165) is 18.8 Å². The highest BCUT2D eigenvalue weighted by molar-refractivity contribution is 5.23. The van der Waals surface area contributed by atoms with Crippen molar-refractivity contribution >= 4 is 0 Å². The molecule has 0 fully saturated rings. The van der Waals surface area contributed by atoms with Gasteiger partial charge in [-0.3, -0.25) is 0 Å². The summed E-state index contributed by atoms with van der Waals surface area (Å²) in [5.74, 6) is 0.664. The summed E-state index contributed by atoms with van der Waals surface area (Å²) in [6.45, 7) is 10.6. The van der Waals surface area contributed by atoms with E-state index in [1.807, 2.05) is 6.33 Å². The minimum Gasteiger partial charge on any atom is -0.326 e. The van der Waals surface area contributed by atoms with Crippen LogP contribution in [0.4, 0.5) is 0 Å². The predicted molar refractivity (Wildman–Crippen MR) is 84.0 cm³/mol. The van der Waals surface area contributed by atoms with Gasteiger partial charge in [0.2, 0.25) is 0 Å². The second-order valence-corrected chi connectivity index (χ2v) is 5.80. The van der Waals surface area contributed by atoms with E-state index in [1.54, 1.807) is 0 Å². The fourth-order valence-electron chi connectivity index (χ4n) is 2.39. The number of aromatic nitrogens is 2. The maximum atomic E-state index is 4.44. The molecule has 0 bridgehead atoms. The van der Waals surface area contributed by atoms with Crippen LogP contribution in [0.25, 0.3) is 0 Å². The summed E-state index contributed by atoms with van der Waals surface area (Å²) in [6, 6.07) is 10.9. The topological polar surface area (TPSA) is 29.9 Å². The Labute approximate surface area is 122 Å². The van der Waals surface area contributed by atoms with Crippen LogP contribution in [0.2, 0.25) is 0 Å². The first kappa shape index (κ1) is 14.8. The number of benzene rings is 1. The molecular formula is C17H25N3. The maximum absolute atomic E-state index is 4.44. The van der Waals surface area contributed by atoms with Gasteiger partial charge in [-0.05, 0) is 31.9 Å². The zero-order valence-corrected chi connectivity index (χ0v) is 12.9. The number of nitrogens with one attached hydrogen (secondary N) is 1. The van der Waals surface area contributed by atoms with Gasteiger partial charge in [0.05, 0.1) is 18.1 Å². The van der Waals surface area contributed by atoms with Crippen LogP contribution in [-0.4, -0.2) is 22.6 Å². The largest absolute Gasteiger partial charge is 0.326 e. The summed E-state index contributed by atoms with van der Waals surface area (Å²) >= 11 is 0.